The van der Waals surface area contributed by atoms with E-state index in [0.717, 1.165) is 11.9 Å². The largest absolute Gasteiger partial charge is 0.388 e. The first-order chi connectivity index (χ1) is 12.9. The van der Waals surface area contributed by atoms with E-state index in [2.05, 4.69) is 9.97 Å². The Hall–Kier alpha value is -2.25. The fourth-order valence-electron chi connectivity index (χ4n) is 3.80. The monoisotopic (exact) mass is 372 g/mol. The van der Waals surface area contributed by atoms with Crippen LogP contribution in [0.2, 0.25) is 0 Å². The van der Waals surface area contributed by atoms with Crippen molar-refractivity contribution in [3.63, 3.8) is 0 Å². The van der Waals surface area contributed by atoms with E-state index < -0.39 is 5.60 Å². The highest BCUT2D eigenvalue weighted by Crippen LogP contribution is 2.23. The number of aliphatic hydroxyl groups is 1. The van der Waals surface area contributed by atoms with Gasteiger partial charge in [-0.15, -0.1) is 0 Å². The van der Waals surface area contributed by atoms with Crippen molar-refractivity contribution in [2.24, 2.45) is 0 Å². The van der Waals surface area contributed by atoms with E-state index in [4.69, 9.17) is 0 Å². The Kier molecular flexibility index (Phi) is 5.92. The van der Waals surface area contributed by atoms with Gasteiger partial charge in [-0.3, -0.25) is 9.59 Å². The SMILES string of the molecule is CN(C)C[C@]1(O)CCCN(C(=O)CCc2nc3ccccc3[nH]c2=O)CC1. The van der Waals surface area contributed by atoms with Crippen molar-refractivity contribution >= 4 is 16.9 Å². The Morgan fingerprint density at radius 2 is 2.07 bits per heavy atom. The van der Waals surface area contributed by atoms with Crippen molar-refractivity contribution in [2.45, 2.75) is 37.7 Å². The lowest BCUT2D eigenvalue weighted by molar-refractivity contribution is -0.131. The van der Waals surface area contributed by atoms with E-state index in [1.807, 2.05) is 48.2 Å². The molecule has 1 aromatic heterocycles. The number of likely N-dealkylation sites (tertiary alicyclic amines) is 1. The van der Waals surface area contributed by atoms with Crippen LogP contribution in [-0.4, -0.2) is 70.1 Å². The first-order valence-corrected chi connectivity index (χ1v) is 9.49. The summed E-state index contributed by atoms with van der Waals surface area (Å²) in [4.78, 5) is 35.8. The molecule has 1 aliphatic heterocycles. The number of aromatic nitrogens is 2. The van der Waals surface area contributed by atoms with Crippen LogP contribution in [0.3, 0.4) is 0 Å². The number of para-hydroxylation sites is 2. The molecule has 7 heteroatoms. The first-order valence-electron chi connectivity index (χ1n) is 9.49. The van der Waals surface area contributed by atoms with Gasteiger partial charge in [0.1, 0.15) is 5.69 Å². The van der Waals surface area contributed by atoms with E-state index in [1.54, 1.807) is 0 Å². The summed E-state index contributed by atoms with van der Waals surface area (Å²) in [6.07, 6.45) is 2.62. The Morgan fingerprint density at radius 1 is 1.30 bits per heavy atom. The molecule has 1 amide bonds. The minimum absolute atomic E-state index is 0.0125. The first kappa shape index (κ1) is 19.5. The van der Waals surface area contributed by atoms with Crippen LogP contribution in [-0.2, 0) is 11.2 Å². The highest BCUT2D eigenvalue weighted by molar-refractivity contribution is 5.77. The van der Waals surface area contributed by atoms with Gasteiger partial charge in [-0.05, 0) is 45.5 Å². The van der Waals surface area contributed by atoms with Gasteiger partial charge in [0.05, 0.1) is 16.6 Å². The number of hydrogen-bond donors (Lipinski definition) is 2. The maximum absolute atomic E-state index is 12.6. The standard InChI is InChI=1S/C20H28N4O3/c1-23(2)14-20(27)10-5-12-24(13-11-20)18(25)9-8-17-19(26)22-16-7-4-3-6-15(16)21-17/h3-4,6-7,27H,5,8-14H2,1-2H3,(H,22,26)/t20-/m0/s1. The second-order valence-electron chi connectivity index (χ2n) is 7.73. The van der Waals surface area contributed by atoms with Gasteiger partial charge in [0.2, 0.25) is 5.91 Å². The highest BCUT2D eigenvalue weighted by Gasteiger charge is 2.31. The molecule has 2 N–H and O–H groups in total. The van der Waals surface area contributed by atoms with Crippen LogP contribution < -0.4 is 5.56 Å². The molecule has 1 aliphatic rings. The minimum Gasteiger partial charge on any atom is -0.388 e. The van der Waals surface area contributed by atoms with E-state index in [1.165, 1.54) is 0 Å². The molecule has 0 spiro atoms. The summed E-state index contributed by atoms with van der Waals surface area (Å²) < 4.78 is 0. The number of nitrogens with one attached hydrogen (secondary N) is 1. The highest BCUT2D eigenvalue weighted by atomic mass is 16.3. The third-order valence-electron chi connectivity index (χ3n) is 5.13. The predicted octanol–water partition coefficient (Wildman–Crippen LogP) is 1.16. The molecule has 0 bridgehead atoms. The number of fused-ring (bicyclic) bond motifs is 1. The zero-order chi connectivity index (χ0) is 19.4. The normalized spacial score (nSPS) is 20.8. The molecule has 0 aliphatic carbocycles. The topological polar surface area (TPSA) is 89.5 Å². The molecule has 2 aromatic rings. The van der Waals surface area contributed by atoms with Crippen molar-refractivity contribution in [1.82, 2.24) is 19.8 Å². The van der Waals surface area contributed by atoms with Crippen molar-refractivity contribution < 1.29 is 9.90 Å². The molecule has 1 aromatic carbocycles. The molecule has 2 heterocycles. The molecule has 27 heavy (non-hydrogen) atoms. The number of nitrogens with zero attached hydrogens (tertiary/aromatic N) is 3. The van der Waals surface area contributed by atoms with Crippen LogP contribution in [0.1, 0.15) is 31.4 Å². The fraction of sp³-hybridized carbons (Fsp3) is 0.550. The Bertz CT molecular complexity index is 864. The summed E-state index contributed by atoms with van der Waals surface area (Å²) in [7, 11) is 3.89. The lowest BCUT2D eigenvalue weighted by atomic mass is 9.94. The van der Waals surface area contributed by atoms with Gasteiger partial charge in [0.15, 0.2) is 0 Å². The van der Waals surface area contributed by atoms with Gasteiger partial charge in [-0.25, -0.2) is 4.98 Å². The van der Waals surface area contributed by atoms with E-state index in [-0.39, 0.29) is 17.9 Å². The van der Waals surface area contributed by atoms with Gasteiger partial charge in [0, 0.05) is 32.5 Å². The third kappa shape index (κ3) is 4.93. The number of amides is 1. The number of aromatic amines is 1. The molecule has 3 rings (SSSR count). The Balaban J connectivity index is 1.61. The zero-order valence-corrected chi connectivity index (χ0v) is 16.1. The molecule has 1 saturated heterocycles. The van der Waals surface area contributed by atoms with Gasteiger partial charge in [-0.2, -0.15) is 0 Å². The number of hydrogen-bond acceptors (Lipinski definition) is 5. The van der Waals surface area contributed by atoms with Gasteiger partial charge < -0.3 is 19.9 Å². The van der Waals surface area contributed by atoms with Crippen LogP contribution in [0.4, 0.5) is 0 Å². The summed E-state index contributed by atoms with van der Waals surface area (Å²) in [6, 6.07) is 7.37. The molecule has 1 fully saturated rings. The quantitative estimate of drug-likeness (QED) is 0.822. The molecule has 1 atom stereocenters. The lowest BCUT2D eigenvalue weighted by Crippen LogP contribution is -2.41. The maximum Gasteiger partial charge on any atom is 0.270 e. The van der Waals surface area contributed by atoms with Crippen molar-refractivity contribution in [3.8, 4) is 0 Å². The Morgan fingerprint density at radius 3 is 2.85 bits per heavy atom. The van der Waals surface area contributed by atoms with Crippen LogP contribution >= 0.6 is 0 Å². The number of aryl methyl sites for hydroxylation is 1. The predicted molar refractivity (Wildman–Crippen MR) is 105 cm³/mol. The summed E-state index contributed by atoms with van der Waals surface area (Å²) in [5, 5.41) is 10.7. The van der Waals surface area contributed by atoms with Gasteiger partial charge in [-0.1, -0.05) is 12.1 Å². The molecule has 0 saturated carbocycles. The van der Waals surface area contributed by atoms with Crippen molar-refractivity contribution in [1.29, 1.82) is 0 Å². The number of rotatable bonds is 5. The smallest absolute Gasteiger partial charge is 0.270 e. The number of H-pyrrole nitrogens is 1. The van der Waals surface area contributed by atoms with Crippen LogP contribution in [0.25, 0.3) is 11.0 Å². The van der Waals surface area contributed by atoms with Gasteiger partial charge >= 0.3 is 0 Å². The number of carbonyl (C=O) groups is 1. The number of benzene rings is 1. The van der Waals surface area contributed by atoms with Crippen molar-refractivity contribution in [3.05, 3.63) is 40.3 Å². The lowest BCUT2D eigenvalue weighted by Gasteiger charge is -2.30. The van der Waals surface area contributed by atoms with E-state index >= 15 is 0 Å². The zero-order valence-electron chi connectivity index (χ0n) is 16.1. The molecular weight excluding hydrogens is 344 g/mol. The van der Waals surface area contributed by atoms with Gasteiger partial charge in [0.25, 0.3) is 5.56 Å². The summed E-state index contributed by atoms with van der Waals surface area (Å²) in [5.41, 5.74) is 0.835. The average molecular weight is 372 g/mol. The number of carbonyl (C=O) groups excluding carboxylic acids is 1. The summed E-state index contributed by atoms with van der Waals surface area (Å²) in [5.74, 6) is 0.0125. The second kappa shape index (κ2) is 8.19. The summed E-state index contributed by atoms with van der Waals surface area (Å²) in [6.45, 7) is 1.80. The van der Waals surface area contributed by atoms with E-state index in [9.17, 15) is 14.7 Å². The fourth-order valence-corrected chi connectivity index (χ4v) is 3.80. The molecular formula is C20H28N4O3. The van der Waals surface area contributed by atoms with Crippen LogP contribution in [0, 0.1) is 0 Å². The molecule has 0 radical (unpaired) electrons. The average Bonchev–Trinajstić information content (AvgIpc) is 2.80. The van der Waals surface area contributed by atoms with Crippen LogP contribution in [0.5, 0.6) is 0 Å². The molecule has 0 unspecified atom stereocenters. The third-order valence-corrected chi connectivity index (χ3v) is 5.13. The maximum atomic E-state index is 12.6. The summed E-state index contributed by atoms with van der Waals surface area (Å²) >= 11 is 0. The van der Waals surface area contributed by atoms with Crippen molar-refractivity contribution in [2.75, 3.05) is 33.7 Å². The van der Waals surface area contributed by atoms with E-state index in [0.29, 0.717) is 50.1 Å². The molecule has 146 valence electrons. The Labute approximate surface area is 159 Å². The number of likely N-dealkylation sites (N-methyl/N-ethyl adjacent to an activating group) is 1. The van der Waals surface area contributed by atoms with Crippen LogP contribution in [0.15, 0.2) is 29.1 Å². The minimum atomic E-state index is -0.740. The molecule has 7 nitrogen and oxygen atoms in total. The second-order valence-corrected chi connectivity index (χ2v) is 7.73.